The van der Waals surface area contributed by atoms with Gasteiger partial charge in [-0.05, 0) is 23.3 Å². The fourth-order valence-corrected chi connectivity index (χ4v) is 3.44. The van der Waals surface area contributed by atoms with Crippen LogP contribution >= 0.6 is 0 Å². The molecule has 0 radical (unpaired) electrons. The minimum Gasteiger partial charge on any atom is -0.282 e. The van der Waals surface area contributed by atoms with Crippen molar-refractivity contribution in [2.45, 2.75) is 16.2 Å². The molecule has 2 aromatic carbocycles. The molecule has 0 unspecified atom stereocenters. The van der Waals surface area contributed by atoms with Gasteiger partial charge >= 0.3 is 0 Å². The van der Waals surface area contributed by atoms with Crippen LogP contribution < -0.4 is 0 Å². The van der Waals surface area contributed by atoms with Crippen LogP contribution in [-0.4, -0.2) is 25.9 Å². The van der Waals surface area contributed by atoms with E-state index in [1.807, 2.05) is 0 Å². The molecule has 0 amide bonds. The van der Waals surface area contributed by atoms with Crippen LogP contribution in [0.5, 0.6) is 0 Å². The highest BCUT2D eigenvalue weighted by Crippen LogP contribution is 2.27. The van der Waals surface area contributed by atoms with Gasteiger partial charge in [0.1, 0.15) is 11.6 Å². The Balaban J connectivity index is 2.64. The number of hydrogen-bond acceptors (Lipinski definition) is 4. The summed E-state index contributed by atoms with van der Waals surface area (Å²) in [6, 6.07) is 2.45. The topological polar surface area (TPSA) is 109 Å². The van der Waals surface area contributed by atoms with E-state index in [1.165, 1.54) is 0 Å². The van der Waals surface area contributed by atoms with Crippen molar-refractivity contribution >= 4 is 20.2 Å². The predicted molar refractivity (Wildman–Crippen MR) is 75.2 cm³/mol. The highest BCUT2D eigenvalue weighted by Gasteiger charge is 2.27. The van der Waals surface area contributed by atoms with E-state index >= 15 is 0 Å². The zero-order chi connectivity index (χ0) is 19.2. The average Bonchev–Trinajstić information content (AvgIpc) is 2.41. The van der Waals surface area contributed by atoms with Gasteiger partial charge in [-0.15, -0.1) is 0 Å². The van der Waals surface area contributed by atoms with Crippen LogP contribution in [0.15, 0.2) is 34.1 Å². The molecule has 0 bridgehead atoms. The van der Waals surface area contributed by atoms with E-state index < -0.39 is 70.8 Å². The van der Waals surface area contributed by atoms with E-state index in [1.54, 1.807) is 0 Å². The molecule has 2 N–H and O–H groups in total. The van der Waals surface area contributed by atoms with Gasteiger partial charge in [0, 0.05) is 6.42 Å². The molecule has 2 aromatic rings. The molecule has 0 aromatic heterocycles. The number of hydrogen-bond donors (Lipinski definition) is 2. The lowest BCUT2D eigenvalue weighted by molar-refractivity contribution is 0.454. The quantitative estimate of drug-likeness (QED) is 0.602. The Labute approximate surface area is 139 Å². The van der Waals surface area contributed by atoms with Crippen LogP contribution in [0.1, 0.15) is 11.1 Å². The van der Waals surface area contributed by atoms with Gasteiger partial charge < -0.3 is 0 Å². The highest BCUT2D eigenvalue weighted by molar-refractivity contribution is 7.86. The van der Waals surface area contributed by atoms with Crippen LogP contribution in [0, 0.1) is 23.3 Å². The van der Waals surface area contributed by atoms with Crippen molar-refractivity contribution in [3.8, 4) is 0 Å². The maximum Gasteiger partial charge on any atom is 0.300 e. The van der Waals surface area contributed by atoms with Crippen molar-refractivity contribution in [2.75, 3.05) is 0 Å². The Morgan fingerprint density at radius 1 is 0.680 bits per heavy atom. The standard InChI is InChI=1S/C13H8F4O6S2/c14-8-3-1-6(10(16)12(8)24(18,19)20)5-7-2-4-9(15)13(11(7)17)25(21,22)23/h1-4H,5H2,(H,18,19,20)(H,21,22,23). The van der Waals surface area contributed by atoms with Crippen molar-refractivity contribution < 1.29 is 43.5 Å². The molecule has 0 saturated carbocycles. The fourth-order valence-electron chi connectivity index (χ4n) is 2.10. The van der Waals surface area contributed by atoms with E-state index in [-0.39, 0.29) is 0 Å². The SMILES string of the molecule is O=S(=O)(O)c1c(F)ccc(Cc2ccc(F)c(S(=O)(=O)O)c2F)c1F. The van der Waals surface area contributed by atoms with Gasteiger partial charge in [-0.3, -0.25) is 9.11 Å². The highest BCUT2D eigenvalue weighted by atomic mass is 32.2. The Morgan fingerprint density at radius 3 is 1.28 bits per heavy atom. The summed E-state index contributed by atoms with van der Waals surface area (Å²) >= 11 is 0. The van der Waals surface area contributed by atoms with Crippen LogP contribution in [0.2, 0.25) is 0 Å². The summed E-state index contributed by atoms with van der Waals surface area (Å²) in [4.78, 5) is -3.33. The monoisotopic (exact) mass is 400 g/mol. The first-order valence-electron chi connectivity index (χ1n) is 6.22. The minimum absolute atomic E-state index is 0.493. The zero-order valence-electron chi connectivity index (χ0n) is 11.9. The van der Waals surface area contributed by atoms with E-state index in [2.05, 4.69) is 0 Å². The maximum atomic E-state index is 14.1. The summed E-state index contributed by atoms with van der Waals surface area (Å²) in [5, 5.41) is 0. The second kappa shape index (κ2) is 6.37. The molecule has 0 aliphatic carbocycles. The summed E-state index contributed by atoms with van der Waals surface area (Å²) < 4.78 is 117. The predicted octanol–water partition coefficient (Wildman–Crippen LogP) is 2.33. The van der Waals surface area contributed by atoms with Crippen molar-refractivity contribution in [2.24, 2.45) is 0 Å². The Kier molecular flexibility index (Phi) is 4.92. The van der Waals surface area contributed by atoms with Crippen molar-refractivity contribution in [3.05, 3.63) is 58.7 Å². The van der Waals surface area contributed by atoms with Gasteiger partial charge in [0.05, 0.1) is 0 Å². The van der Waals surface area contributed by atoms with E-state index in [4.69, 9.17) is 9.11 Å². The molecule has 0 saturated heterocycles. The molecule has 0 spiro atoms. The summed E-state index contributed by atoms with van der Waals surface area (Å²) in [7, 11) is -10.5. The van der Waals surface area contributed by atoms with Crippen LogP contribution in [0.4, 0.5) is 17.6 Å². The second-order valence-corrected chi connectivity index (χ2v) is 7.54. The smallest absolute Gasteiger partial charge is 0.282 e. The van der Waals surface area contributed by atoms with Gasteiger partial charge in [0.2, 0.25) is 0 Å². The van der Waals surface area contributed by atoms with Gasteiger partial charge in [-0.1, -0.05) is 12.1 Å². The van der Waals surface area contributed by atoms with Gasteiger partial charge in [0.15, 0.2) is 21.4 Å². The summed E-state index contributed by atoms with van der Waals surface area (Å²) in [5.41, 5.74) is -1.25. The van der Waals surface area contributed by atoms with E-state index in [9.17, 15) is 34.4 Å². The molecule has 25 heavy (non-hydrogen) atoms. The third-order valence-corrected chi connectivity index (χ3v) is 4.94. The molecule has 0 heterocycles. The zero-order valence-corrected chi connectivity index (χ0v) is 13.5. The molecule has 136 valence electrons. The lowest BCUT2D eigenvalue weighted by atomic mass is 10.0. The average molecular weight is 400 g/mol. The normalized spacial score (nSPS) is 12.4. The molecule has 0 fully saturated rings. The molecule has 0 atom stereocenters. The first kappa shape index (κ1) is 19.3. The summed E-state index contributed by atoms with van der Waals surface area (Å²) in [6.07, 6.45) is -0.816. The van der Waals surface area contributed by atoms with Crippen molar-refractivity contribution in [3.63, 3.8) is 0 Å². The van der Waals surface area contributed by atoms with Crippen LogP contribution in [0.25, 0.3) is 0 Å². The molecular weight excluding hydrogens is 392 g/mol. The first-order valence-corrected chi connectivity index (χ1v) is 9.10. The second-order valence-electron chi connectivity index (χ2n) is 4.83. The Morgan fingerprint density at radius 2 is 1.00 bits per heavy atom. The fraction of sp³-hybridized carbons (Fsp3) is 0.0769. The van der Waals surface area contributed by atoms with Gasteiger partial charge in [-0.2, -0.15) is 16.8 Å². The summed E-state index contributed by atoms with van der Waals surface area (Å²) in [5.74, 6) is -6.64. The minimum atomic E-state index is -5.27. The molecule has 6 nitrogen and oxygen atoms in total. The van der Waals surface area contributed by atoms with Gasteiger partial charge in [-0.25, -0.2) is 17.6 Å². The number of halogens is 4. The van der Waals surface area contributed by atoms with Crippen LogP contribution in [-0.2, 0) is 26.7 Å². The van der Waals surface area contributed by atoms with Gasteiger partial charge in [0.25, 0.3) is 20.2 Å². The molecule has 0 aliphatic heterocycles. The third-order valence-electron chi connectivity index (χ3n) is 3.15. The lowest BCUT2D eigenvalue weighted by Gasteiger charge is -2.10. The third kappa shape index (κ3) is 3.81. The summed E-state index contributed by atoms with van der Waals surface area (Å²) in [6.45, 7) is 0. The van der Waals surface area contributed by atoms with Crippen LogP contribution in [0.3, 0.4) is 0 Å². The van der Waals surface area contributed by atoms with Crippen molar-refractivity contribution in [1.82, 2.24) is 0 Å². The lowest BCUT2D eigenvalue weighted by Crippen LogP contribution is -2.10. The first-order chi connectivity index (χ1) is 11.3. The Hall–Kier alpha value is -2.02. The van der Waals surface area contributed by atoms with E-state index in [0.717, 1.165) is 12.1 Å². The van der Waals surface area contributed by atoms with Crippen molar-refractivity contribution in [1.29, 1.82) is 0 Å². The molecular formula is C13H8F4O6S2. The molecule has 0 aliphatic rings. The maximum absolute atomic E-state index is 14.1. The molecule has 2 rings (SSSR count). The number of rotatable bonds is 4. The number of benzene rings is 2. The molecule has 12 heteroatoms. The largest absolute Gasteiger partial charge is 0.300 e. The van der Waals surface area contributed by atoms with E-state index in [0.29, 0.717) is 12.1 Å². The Bertz CT molecular complexity index is 979.